The average molecular weight is 384 g/mol. The van der Waals surface area contributed by atoms with Crippen molar-refractivity contribution in [1.29, 1.82) is 0 Å². The van der Waals surface area contributed by atoms with E-state index in [-0.39, 0.29) is 11.7 Å². The molecule has 1 amide bonds. The fourth-order valence-corrected chi connectivity index (χ4v) is 2.94. The van der Waals surface area contributed by atoms with Crippen LogP contribution in [0.5, 0.6) is 5.75 Å². The zero-order chi connectivity index (χ0) is 19.9. The van der Waals surface area contributed by atoms with Gasteiger partial charge in [-0.25, -0.2) is 4.39 Å². The Balaban J connectivity index is 1.42. The molecule has 1 heterocycles. The summed E-state index contributed by atoms with van der Waals surface area (Å²) in [5.74, 6) is 1.24. The first kappa shape index (κ1) is 19.7. The molecular weight excluding hydrogens is 359 g/mol. The van der Waals surface area contributed by atoms with Crippen LogP contribution in [-0.4, -0.2) is 32.1 Å². The lowest BCUT2D eigenvalue weighted by atomic mass is 10.0. The van der Waals surface area contributed by atoms with Gasteiger partial charge in [0, 0.05) is 25.7 Å². The SMILES string of the molecule is CN=C(NCCOc1ccc2c(c1)CCC(=O)N2)NCc1ccc(C)c(F)c1. The molecule has 3 N–H and O–H groups in total. The van der Waals surface area contributed by atoms with E-state index in [0.717, 1.165) is 29.0 Å². The number of aliphatic imine (C=N–C) groups is 1. The number of anilines is 1. The molecule has 0 saturated heterocycles. The Morgan fingerprint density at radius 2 is 2.07 bits per heavy atom. The highest BCUT2D eigenvalue weighted by molar-refractivity contribution is 5.94. The smallest absolute Gasteiger partial charge is 0.224 e. The van der Waals surface area contributed by atoms with E-state index in [0.29, 0.717) is 37.6 Å². The average Bonchev–Trinajstić information content (AvgIpc) is 2.70. The molecule has 148 valence electrons. The summed E-state index contributed by atoms with van der Waals surface area (Å²) in [4.78, 5) is 15.6. The molecule has 7 heteroatoms. The molecule has 1 aliphatic heterocycles. The van der Waals surface area contributed by atoms with E-state index >= 15 is 0 Å². The van der Waals surface area contributed by atoms with Crippen LogP contribution in [0.3, 0.4) is 0 Å². The summed E-state index contributed by atoms with van der Waals surface area (Å²) in [7, 11) is 1.68. The third-order valence-electron chi connectivity index (χ3n) is 4.56. The summed E-state index contributed by atoms with van der Waals surface area (Å²) < 4.78 is 19.4. The van der Waals surface area contributed by atoms with Crippen molar-refractivity contribution in [3.05, 3.63) is 58.9 Å². The summed E-state index contributed by atoms with van der Waals surface area (Å²) in [6, 6.07) is 10.9. The summed E-state index contributed by atoms with van der Waals surface area (Å²) >= 11 is 0. The molecule has 1 aliphatic rings. The van der Waals surface area contributed by atoms with Crippen molar-refractivity contribution in [2.75, 3.05) is 25.5 Å². The molecule has 3 rings (SSSR count). The Morgan fingerprint density at radius 1 is 1.21 bits per heavy atom. The Bertz CT molecular complexity index is 883. The fraction of sp³-hybridized carbons (Fsp3) is 0.333. The molecule has 0 bridgehead atoms. The van der Waals surface area contributed by atoms with Gasteiger partial charge < -0.3 is 20.7 Å². The maximum absolute atomic E-state index is 13.6. The van der Waals surface area contributed by atoms with E-state index in [1.54, 1.807) is 20.0 Å². The molecule has 0 unspecified atom stereocenters. The maximum Gasteiger partial charge on any atom is 0.224 e. The first-order valence-corrected chi connectivity index (χ1v) is 9.30. The van der Waals surface area contributed by atoms with E-state index in [1.807, 2.05) is 24.3 Å². The van der Waals surface area contributed by atoms with Crippen molar-refractivity contribution in [2.45, 2.75) is 26.3 Å². The van der Waals surface area contributed by atoms with Crippen molar-refractivity contribution >= 4 is 17.6 Å². The van der Waals surface area contributed by atoms with Crippen molar-refractivity contribution in [3.63, 3.8) is 0 Å². The number of guanidine groups is 1. The molecule has 0 atom stereocenters. The highest BCUT2D eigenvalue weighted by atomic mass is 19.1. The van der Waals surface area contributed by atoms with Gasteiger partial charge in [0.25, 0.3) is 0 Å². The molecular formula is C21H25FN4O2. The van der Waals surface area contributed by atoms with E-state index in [9.17, 15) is 9.18 Å². The van der Waals surface area contributed by atoms with Gasteiger partial charge in [-0.15, -0.1) is 0 Å². The highest BCUT2D eigenvalue weighted by Gasteiger charge is 2.14. The van der Waals surface area contributed by atoms with Gasteiger partial charge in [0.05, 0.1) is 6.54 Å². The van der Waals surface area contributed by atoms with Crippen molar-refractivity contribution in [2.24, 2.45) is 4.99 Å². The number of carbonyl (C=O) groups is 1. The lowest BCUT2D eigenvalue weighted by Gasteiger charge is -2.18. The topological polar surface area (TPSA) is 74.8 Å². The third-order valence-corrected chi connectivity index (χ3v) is 4.56. The minimum absolute atomic E-state index is 0.0534. The molecule has 0 radical (unpaired) electrons. The summed E-state index contributed by atoms with van der Waals surface area (Å²) in [6.45, 7) is 3.25. The van der Waals surface area contributed by atoms with E-state index in [4.69, 9.17) is 4.74 Å². The lowest BCUT2D eigenvalue weighted by Crippen LogP contribution is -2.38. The molecule has 0 fully saturated rings. The summed E-state index contributed by atoms with van der Waals surface area (Å²) in [5.41, 5.74) is 3.43. The Kier molecular flexibility index (Phi) is 6.47. The van der Waals surface area contributed by atoms with E-state index in [2.05, 4.69) is 20.9 Å². The van der Waals surface area contributed by atoms with Crippen LogP contribution in [0.2, 0.25) is 0 Å². The number of nitrogens with one attached hydrogen (secondary N) is 3. The number of amides is 1. The monoisotopic (exact) mass is 384 g/mol. The number of fused-ring (bicyclic) bond motifs is 1. The van der Waals surface area contributed by atoms with Crippen molar-refractivity contribution in [3.8, 4) is 5.75 Å². The predicted octanol–water partition coefficient (Wildman–Crippen LogP) is 2.76. The molecule has 2 aromatic carbocycles. The summed E-state index contributed by atoms with van der Waals surface area (Å²) in [6.07, 6.45) is 1.23. The van der Waals surface area contributed by atoms with Crippen LogP contribution in [-0.2, 0) is 17.8 Å². The van der Waals surface area contributed by atoms with Crippen LogP contribution in [0, 0.1) is 12.7 Å². The zero-order valence-corrected chi connectivity index (χ0v) is 16.1. The Hall–Kier alpha value is -3.09. The standard InChI is InChI=1S/C21H25FN4O2/c1-14-3-4-15(11-18(14)22)13-25-21(23-2)24-9-10-28-17-6-7-19-16(12-17)5-8-20(27)26-19/h3-4,6-7,11-12H,5,8-10,13H2,1-2H3,(H,26,27)(H2,23,24,25). The molecule has 2 aromatic rings. The second kappa shape index (κ2) is 9.21. The molecule has 6 nitrogen and oxygen atoms in total. The van der Waals surface area contributed by atoms with Gasteiger partial charge in [-0.2, -0.15) is 0 Å². The number of carbonyl (C=O) groups excluding carboxylic acids is 1. The van der Waals surface area contributed by atoms with Crippen LogP contribution in [0.1, 0.15) is 23.1 Å². The number of rotatable bonds is 6. The Labute approximate surface area is 164 Å². The Morgan fingerprint density at radius 3 is 2.86 bits per heavy atom. The number of ether oxygens (including phenoxy) is 1. The van der Waals surface area contributed by atoms with Gasteiger partial charge >= 0.3 is 0 Å². The van der Waals surface area contributed by atoms with Gasteiger partial charge in [0.15, 0.2) is 5.96 Å². The molecule has 28 heavy (non-hydrogen) atoms. The molecule has 0 aromatic heterocycles. The van der Waals surface area contributed by atoms with E-state index in [1.165, 1.54) is 6.07 Å². The third kappa shape index (κ3) is 5.22. The first-order chi connectivity index (χ1) is 13.5. The zero-order valence-electron chi connectivity index (χ0n) is 16.1. The van der Waals surface area contributed by atoms with Gasteiger partial charge in [0.2, 0.25) is 5.91 Å². The van der Waals surface area contributed by atoms with Crippen LogP contribution < -0.4 is 20.7 Å². The van der Waals surface area contributed by atoms with Crippen LogP contribution >= 0.6 is 0 Å². The molecule has 0 spiro atoms. The van der Waals surface area contributed by atoms with Crippen LogP contribution in [0.4, 0.5) is 10.1 Å². The number of nitrogens with zero attached hydrogens (tertiary/aromatic N) is 1. The van der Waals surface area contributed by atoms with Gasteiger partial charge in [-0.3, -0.25) is 9.79 Å². The van der Waals surface area contributed by atoms with Crippen LogP contribution in [0.25, 0.3) is 0 Å². The number of benzene rings is 2. The predicted molar refractivity (Wildman–Crippen MR) is 108 cm³/mol. The van der Waals surface area contributed by atoms with Crippen molar-refractivity contribution in [1.82, 2.24) is 10.6 Å². The normalized spacial score (nSPS) is 13.5. The lowest BCUT2D eigenvalue weighted by molar-refractivity contribution is -0.116. The number of hydrogen-bond donors (Lipinski definition) is 3. The quantitative estimate of drug-likeness (QED) is 0.407. The maximum atomic E-state index is 13.6. The molecule has 0 saturated carbocycles. The number of hydrogen-bond acceptors (Lipinski definition) is 3. The minimum Gasteiger partial charge on any atom is -0.492 e. The summed E-state index contributed by atoms with van der Waals surface area (Å²) in [5, 5.41) is 9.18. The molecule has 0 aliphatic carbocycles. The van der Waals surface area contributed by atoms with Crippen LogP contribution in [0.15, 0.2) is 41.4 Å². The highest BCUT2D eigenvalue weighted by Crippen LogP contribution is 2.26. The number of aryl methyl sites for hydroxylation is 2. The first-order valence-electron chi connectivity index (χ1n) is 9.30. The second-order valence-electron chi connectivity index (χ2n) is 6.65. The fourth-order valence-electron chi connectivity index (χ4n) is 2.94. The van der Waals surface area contributed by atoms with E-state index < -0.39 is 0 Å². The van der Waals surface area contributed by atoms with Crippen molar-refractivity contribution < 1.29 is 13.9 Å². The van der Waals surface area contributed by atoms with Gasteiger partial charge in [-0.1, -0.05) is 12.1 Å². The second-order valence-corrected chi connectivity index (χ2v) is 6.65. The minimum atomic E-state index is -0.208. The van der Waals surface area contributed by atoms with Gasteiger partial charge in [-0.05, 0) is 54.3 Å². The van der Waals surface area contributed by atoms with Gasteiger partial charge in [0.1, 0.15) is 18.2 Å². The number of halogens is 1. The largest absolute Gasteiger partial charge is 0.492 e.